The minimum Gasteiger partial charge on any atom is -0.478 e. The molecule has 1 aromatic carbocycles. The monoisotopic (exact) mass is 416 g/mol. The standard InChI is InChI=1S/C19H13ClN2O5S/c1-2-7-22-17(24)13(16(23)21-19(22)28)9-11-4-6-15(27-11)10-3-5-12(18(25)26)14(20)8-10/h2-6,8-9H,1,7H2,(H,25,26)(H,21,23,28)/b13-9+. The summed E-state index contributed by atoms with van der Waals surface area (Å²) in [5, 5.41) is 11.6. The van der Waals surface area contributed by atoms with E-state index in [0.29, 0.717) is 11.3 Å². The quantitative estimate of drug-likeness (QED) is 0.336. The third-order valence-electron chi connectivity index (χ3n) is 3.89. The highest BCUT2D eigenvalue weighted by Crippen LogP contribution is 2.28. The van der Waals surface area contributed by atoms with Crippen LogP contribution in [0.3, 0.4) is 0 Å². The van der Waals surface area contributed by atoms with E-state index in [4.69, 9.17) is 33.3 Å². The van der Waals surface area contributed by atoms with Crippen molar-refractivity contribution in [3.05, 3.63) is 64.9 Å². The highest BCUT2D eigenvalue weighted by Gasteiger charge is 2.32. The second-order valence-electron chi connectivity index (χ2n) is 5.72. The number of carboxylic acids is 1. The zero-order chi connectivity index (χ0) is 20.4. The molecule has 0 bridgehead atoms. The number of rotatable bonds is 5. The fourth-order valence-corrected chi connectivity index (χ4v) is 3.07. The maximum absolute atomic E-state index is 12.5. The van der Waals surface area contributed by atoms with E-state index < -0.39 is 17.8 Å². The molecule has 0 radical (unpaired) electrons. The summed E-state index contributed by atoms with van der Waals surface area (Å²) < 4.78 is 5.66. The summed E-state index contributed by atoms with van der Waals surface area (Å²) >= 11 is 11.0. The van der Waals surface area contributed by atoms with Crippen molar-refractivity contribution in [2.75, 3.05) is 6.54 Å². The number of aromatic carboxylic acids is 1. The number of amides is 2. The molecule has 9 heteroatoms. The lowest BCUT2D eigenvalue weighted by Gasteiger charge is -2.27. The fraction of sp³-hybridized carbons (Fsp3) is 0.0526. The van der Waals surface area contributed by atoms with Gasteiger partial charge in [-0.1, -0.05) is 23.7 Å². The first-order valence-corrected chi connectivity index (χ1v) is 8.73. The Morgan fingerprint density at radius 2 is 2.07 bits per heavy atom. The summed E-state index contributed by atoms with van der Waals surface area (Å²) in [6.45, 7) is 3.72. The highest BCUT2D eigenvalue weighted by atomic mass is 35.5. The molecule has 2 heterocycles. The van der Waals surface area contributed by atoms with E-state index in [-0.39, 0.29) is 33.6 Å². The Kier molecular flexibility index (Phi) is 5.43. The van der Waals surface area contributed by atoms with Crippen molar-refractivity contribution in [1.29, 1.82) is 0 Å². The molecule has 2 amide bonds. The van der Waals surface area contributed by atoms with E-state index in [1.807, 2.05) is 0 Å². The van der Waals surface area contributed by atoms with Crippen LogP contribution in [0, 0.1) is 0 Å². The van der Waals surface area contributed by atoms with Crippen LogP contribution in [0.25, 0.3) is 17.4 Å². The van der Waals surface area contributed by atoms with E-state index in [9.17, 15) is 14.4 Å². The molecule has 1 aliphatic heterocycles. The molecule has 1 aliphatic rings. The highest BCUT2D eigenvalue weighted by molar-refractivity contribution is 7.80. The molecule has 142 valence electrons. The number of benzene rings is 1. The molecule has 3 rings (SSSR count). The number of nitrogens with one attached hydrogen (secondary N) is 1. The largest absolute Gasteiger partial charge is 0.478 e. The van der Waals surface area contributed by atoms with Gasteiger partial charge in [-0.2, -0.15) is 0 Å². The normalized spacial score (nSPS) is 15.7. The van der Waals surface area contributed by atoms with E-state index in [1.54, 1.807) is 18.2 Å². The van der Waals surface area contributed by atoms with Gasteiger partial charge in [-0.05, 0) is 42.6 Å². The summed E-state index contributed by atoms with van der Waals surface area (Å²) in [6, 6.07) is 7.58. The Morgan fingerprint density at radius 1 is 1.32 bits per heavy atom. The average molecular weight is 417 g/mol. The molecule has 2 N–H and O–H groups in total. The molecular weight excluding hydrogens is 404 g/mol. The van der Waals surface area contributed by atoms with Crippen LogP contribution in [0.15, 0.2) is 53.0 Å². The van der Waals surface area contributed by atoms with E-state index in [2.05, 4.69) is 11.9 Å². The number of carbonyl (C=O) groups excluding carboxylic acids is 2. The van der Waals surface area contributed by atoms with E-state index >= 15 is 0 Å². The molecule has 1 fully saturated rings. The second-order valence-corrected chi connectivity index (χ2v) is 6.52. The van der Waals surface area contributed by atoms with Gasteiger partial charge in [0, 0.05) is 12.1 Å². The van der Waals surface area contributed by atoms with Crippen LogP contribution in [-0.4, -0.2) is 39.4 Å². The zero-order valence-electron chi connectivity index (χ0n) is 14.3. The van der Waals surface area contributed by atoms with Gasteiger partial charge in [0.05, 0.1) is 10.6 Å². The van der Waals surface area contributed by atoms with Gasteiger partial charge in [0.25, 0.3) is 11.8 Å². The maximum Gasteiger partial charge on any atom is 0.337 e. The molecule has 7 nitrogen and oxygen atoms in total. The van der Waals surface area contributed by atoms with Crippen LogP contribution in [-0.2, 0) is 9.59 Å². The molecule has 0 saturated carbocycles. The van der Waals surface area contributed by atoms with Crippen molar-refractivity contribution < 1.29 is 23.9 Å². The summed E-state index contributed by atoms with van der Waals surface area (Å²) in [5.74, 6) is -1.65. The number of hydrogen-bond donors (Lipinski definition) is 2. The average Bonchev–Trinajstić information content (AvgIpc) is 3.10. The minimum atomic E-state index is -1.13. The third kappa shape index (κ3) is 3.73. The molecule has 0 unspecified atom stereocenters. The van der Waals surface area contributed by atoms with Crippen molar-refractivity contribution in [2.45, 2.75) is 0 Å². The van der Waals surface area contributed by atoms with Crippen LogP contribution in [0.5, 0.6) is 0 Å². The molecule has 0 aliphatic carbocycles. The lowest BCUT2D eigenvalue weighted by atomic mass is 10.1. The van der Waals surface area contributed by atoms with Gasteiger partial charge in [0.2, 0.25) is 0 Å². The van der Waals surface area contributed by atoms with Gasteiger partial charge in [-0.3, -0.25) is 19.8 Å². The number of halogens is 1. The van der Waals surface area contributed by atoms with Crippen LogP contribution in [0.4, 0.5) is 0 Å². The molecular formula is C19H13ClN2O5S. The molecule has 0 spiro atoms. The molecule has 2 aromatic rings. The van der Waals surface area contributed by atoms with Gasteiger partial charge in [0.1, 0.15) is 17.1 Å². The number of furan rings is 1. The Hall–Kier alpha value is -3.23. The fourth-order valence-electron chi connectivity index (χ4n) is 2.56. The Labute approximate surface area is 169 Å². The van der Waals surface area contributed by atoms with E-state index in [0.717, 1.165) is 0 Å². The van der Waals surface area contributed by atoms with Gasteiger partial charge < -0.3 is 9.52 Å². The lowest BCUT2D eigenvalue weighted by Crippen LogP contribution is -2.53. The number of hydrogen-bond acceptors (Lipinski definition) is 5. The predicted octanol–water partition coefficient (Wildman–Crippen LogP) is 3.11. The Balaban J connectivity index is 1.91. The molecule has 1 saturated heterocycles. The van der Waals surface area contributed by atoms with Crippen molar-refractivity contribution in [1.82, 2.24) is 10.2 Å². The first-order chi connectivity index (χ1) is 13.3. The number of carbonyl (C=O) groups is 3. The Bertz CT molecular complexity index is 1060. The van der Waals surface area contributed by atoms with Gasteiger partial charge in [-0.25, -0.2) is 4.79 Å². The summed E-state index contributed by atoms with van der Waals surface area (Å²) in [4.78, 5) is 36.9. The SMILES string of the molecule is C=CCN1C(=O)/C(=C/c2ccc(-c3ccc(C(=O)O)c(Cl)c3)o2)C(=O)NC1=S. The topological polar surface area (TPSA) is 99.8 Å². The first-order valence-electron chi connectivity index (χ1n) is 7.94. The predicted molar refractivity (Wildman–Crippen MR) is 107 cm³/mol. The van der Waals surface area contributed by atoms with Crippen molar-refractivity contribution in [3.8, 4) is 11.3 Å². The lowest BCUT2D eigenvalue weighted by molar-refractivity contribution is -0.128. The number of nitrogens with zero attached hydrogens (tertiary/aromatic N) is 1. The second kappa shape index (κ2) is 7.79. The summed E-state index contributed by atoms with van der Waals surface area (Å²) in [7, 11) is 0. The number of carboxylic acid groups (broad SMARTS) is 1. The summed E-state index contributed by atoms with van der Waals surface area (Å²) in [6.07, 6.45) is 2.81. The van der Waals surface area contributed by atoms with Crippen molar-refractivity contribution in [3.63, 3.8) is 0 Å². The van der Waals surface area contributed by atoms with Crippen LogP contribution in [0.1, 0.15) is 16.1 Å². The third-order valence-corrected chi connectivity index (χ3v) is 4.53. The maximum atomic E-state index is 12.5. The molecule has 1 aromatic heterocycles. The molecule has 0 atom stereocenters. The minimum absolute atomic E-state index is 0.0142. The van der Waals surface area contributed by atoms with Crippen LogP contribution < -0.4 is 5.32 Å². The van der Waals surface area contributed by atoms with Gasteiger partial charge >= 0.3 is 5.97 Å². The van der Waals surface area contributed by atoms with Gasteiger partial charge in [-0.15, -0.1) is 6.58 Å². The Morgan fingerprint density at radius 3 is 2.71 bits per heavy atom. The molecule has 28 heavy (non-hydrogen) atoms. The van der Waals surface area contributed by atoms with Crippen molar-refractivity contribution >= 4 is 52.8 Å². The van der Waals surface area contributed by atoms with Crippen LogP contribution >= 0.6 is 23.8 Å². The smallest absolute Gasteiger partial charge is 0.337 e. The van der Waals surface area contributed by atoms with E-state index in [1.165, 1.54) is 29.2 Å². The zero-order valence-corrected chi connectivity index (χ0v) is 15.8. The van der Waals surface area contributed by atoms with Crippen LogP contribution in [0.2, 0.25) is 5.02 Å². The van der Waals surface area contributed by atoms with Crippen molar-refractivity contribution in [2.24, 2.45) is 0 Å². The number of thiocarbonyl (C=S) groups is 1. The first kappa shape index (κ1) is 19.5. The van der Waals surface area contributed by atoms with Gasteiger partial charge in [0.15, 0.2) is 5.11 Å². The summed E-state index contributed by atoms with van der Waals surface area (Å²) in [5.41, 5.74) is 0.395.